The van der Waals surface area contributed by atoms with E-state index in [1.807, 2.05) is 60.4 Å². The molecular formula is C26H23FN4O. The van der Waals surface area contributed by atoms with E-state index >= 15 is 0 Å². The minimum absolute atomic E-state index is 0.0342. The lowest BCUT2D eigenvalue weighted by atomic mass is 9.99. The van der Waals surface area contributed by atoms with Gasteiger partial charge in [0, 0.05) is 42.8 Å². The minimum atomic E-state index is -0.247. The fraction of sp³-hybridized carbons (Fsp3) is 0.192. The molecule has 3 aromatic carbocycles. The SMILES string of the molecule is Cc1ccc2nnc(-c3ccccc3)c(C(=O)N3CCN(c4ccc(F)cc4)CC3)c2c1. The first-order valence-electron chi connectivity index (χ1n) is 10.7. The Kier molecular flexibility index (Phi) is 5.27. The van der Waals surface area contributed by atoms with E-state index < -0.39 is 0 Å². The van der Waals surface area contributed by atoms with Gasteiger partial charge >= 0.3 is 0 Å². The number of rotatable bonds is 3. The van der Waals surface area contributed by atoms with Gasteiger partial charge in [0.25, 0.3) is 5.91 Å². The fourth-order valence-corrected chi connectivity index (χ4v) is 4.21. The number of benzene rings is 3. The number of halogens is 1. The molecule has 0 bridgehead atoms. The van der Waals surface area contributed by atoms with Crippen LogP contribution in [0.5, 0.6) is 0 Å². The van der Waals surface area contributed by atoms with Gasteiger partial charge in [-0.1, -0.05) is 42.0 Å². The van der Waals surface area contributed by atoms with Crippen molar-refractivity contribution in [2.45, 2.75) is 6.92 Å². The smallest absolute Gasteiger partial charge is 0.256 e. The van der Waals surface area contributed by atoms with Crippen LogP contribution in [0.1, 0.15) is 15.9 Å². The summed E-state index contributed by atoms with van der Waals surface area (Å²) in [4.78, 5) is 17.9. The van der Waals surface area contributed by atoms with E-state index in [4.69, 9.17) is 0 Å². The van der Waals surface area contributed by atoms with E-state index in [-0.39, 0.29) is 11.7 Å². The zero-order valence-corrected chi connectivity index (χ0v) is 17.8. The standard InChI is InChI=1S/C26H23FN4O/c1-18-7-12-23-22(17-18)24(25(29-28-23)19-5-3-2-4-6-19)26(32)31-15-13-30(14-16-31)21-10-8-20(27)9-11-21/h2-12,17H,13-16H2,1H3. The summed E-state index contributed by atoms with van der Waals surface area (Å²) in [6, 6.07) is 22.1. The Morgan fingerprint density at radius 2 is 1.59 bits per heavy atom. The van der Waals surface area contributed by atoms with Crippen LogP contribution in [0.25, 0.3) is 22.2 Å². The Morgan fingerprint density at radius 1 is 0.875 bits per heavy atom. The van der Waals surface area contributed by atoms with E-state index in [0.717, 1.165) is 22.2 Å². The summed E-state index contributed by atoms with van der Waals surface area (Å²) in [5, 5.41) is 9.66. The number of aromatic nitrogens is 2. The third kappa shape index (κ3) is 3.80. The summed E-state index contributed by atoms with van der Waals surface area (Å²) in [7, 11) is 0. The lowest BCUT2D eigenvalue weighted by Crippen LogP contribution is -2.49. The molecule has 32 heavy (non-hydrogen) atoms. The minimum Gasteiger partial charge on any atom is -0.368 e. The average molecular weight is 426 g/mol. The largest absolute Gasteiger partial charge is 0.368 e. The molecule has 0 radical (unpaired) electrons. The van der Waals surface area contributed by atoms with Crippen molar-refractivity contribution in [1.82, 2.24) is 15.1 Å². The van der Waals surface area contributed by atoms with Gasteiger partial charge in [0.2, 0.25) is 0 Å². The summed E-state index contributed by atoms with van der Waals surface area (Å²) in [6.45, 7) is 4.55. The second-order valence-electron chi connectivity index (χ2n) is 8.07. The quantitative estimate of drug-likeness (QED) is 0.476. The third-order valence-electron chi connectivity index (χ3n) is 5.94. The maximum absolute atomic E-state index is 13.8. The van der Waals surface area contributed by atoms with Crippen LogP contribution in [0.15, 0.2) is 72.8 Å². The van der Waals surface area contributed by atoms with E-state index in [0.29, 0.717) is 43.0 Å². The normalized spacial score (nSPS) is 14.1. The Balaban J connectivity index is 1.49. The van der Waals surface area contributed by atoms with Crippen LogP contribution in [-0.2, 0) is 0 Å². The van der Waals surface area contributed by atoms with Gasteiger partial charge in [0.15, 0.2) is 0 Å². The van der Waals surface area contributed by atoms with Gasteiger partial charge in [-0.25, -0.2) is 4.39 Å². The zero-order chi connectivity index (χ0) is 22.1. The van der Waals surface area contributed by atoms with Crippen molar-refractivity contribution in [3.05, 3.63) is 89.7 Å². The highest BCUT2D eigenvalue weighted by atomic mass is 19.1. The van der Waals surface area contributed by atoms with Gasteiger partial charge < -0.3 is 9.80 Å². The number of piperazine rings is 1. The molecule has 1 aliphatic heterocycles. The molecule has 160 valence electrons. The summed E-state index contributed by atoms with van der Waals surface area (Å²) in [6.07, 6.45) is 0. The first-order valence-corrected chi connectivity index (χ1v) is 10.7. The van der Waals surface area contributed by atoms with Crippen molar-refractivity contribution in [3.8, 4) is 11.3 Å². The summed E-state index contributed by atoms with van der Waals surface area (Å²) in [5.41, 5.74) is 4.82. The van der Waals surface area contributed by atoms with Crippen LogP contribution >= 0.6 is 0 Å². The van der Waals surface area contributed by atoms with Crippen molar-refractivity contribution in [2.24, 2.45) is 0 Å². The Labute approximate surface area is 186 Å². The molecular weight excluding hydrogens is 403 g/mol. The molecule has 1 fully saturated rings. The molecule has 0 spiro atoms. The molecule has 0 N–H and O–H groups in total. The number of hydrogen-bond acceptors (Lipinski definition) is 4. The van der Waals surface area contributed by atoms with Crippen LogP contribution in [0.3, 0.4) is 0 Å². The second-order valence-corrected chi connectivity index (χ2v) is 8.07. The highest BCUT2D eigenvalue weighted by Crippen LogP contribution is 2.29. The van der Waals surface area contributed by atoms with Crippen molar-refractivity contribution >= 4 is 22.5 Å². The van der Waals surface area contributed by atoms with Gasteiger partial charge in [-0.15, -0.1) is 10.2 Å². The number of hydrogen-bond donors (Lipinski definition) is 0. The number of fused-ring (bicyclic) bond motifs is 1. The van der Waals surface area contributed by atoms with E-state index in [9.17, 15) is 9.18 Å². The molecule has 5 rings (SSSR count). The molecule has 0 atom stereocenters. The number of aryl methyl sites for hydroxylation is 1. The molecule has 1 amide bonds. The van der Waals surface area contributed by atoms with Crippen LogP contribution in [0, 0.1) is 12.7 Å². The van der Waals surface area contributed by atoms with Gasteiger partial charge in [-0.2, -0.15) is 0 Å². The van der Waals surface area contributed by atoms with E-state index in [1.54, 1.807) is 12.1 Å². The van der Waals surface area contributed by atoms with Crippen molar-refractivity contribution in [2.75, 3.05) is 31.1 Å². The Hall–Kier alpha value is -3.80. The van der Waals surface area contributed by atoms with Gasteiger partial charge in [-0.3, -0.25) is 4.79 Å². The Morgan fingerprint density at radius 3 is 2.31 bits per heavy atom. The van der Waals surface area contributed by atoms with Crippen molar-refractivity contribution in [3.63, 3.8) is 0 Å². The molecule has 5 nitrogen and oxygen atoms in total. The maximum Gasteiger partial charge on any atom is 0.256 e. The van der Waals surface area contributed by atoms with Gasteiger partial charge in [-0.05, 0) is 43.3 Å². The molecule has 0 saturated carbocycles. The highest BCUT2D eigenvalue weighted by molar-refractivity contribution is 6.10. The van der Waals surface area contributed by atoms with E-state index in [2.05, 4.69) is 15.1 Å². The third-order valence-corrected chi connectivity index (χ3v) is 5.94. The van der Waals surface area contributed by atoms with Crippen LogP contribution in [0.4, 0.5) is 10.1 Å². The average Bonchev–Trinajstić information content (AvgIpc) is 2.84. The number of nitrogens with zero attached hydrogens (tertiary/aromatic N) is 4. The number of anilines is 1. The fourth-order valence-electron chi connectivity index (χ4n) is 4.21. The Bertz CT molecular complexity index is 1270. The van der Waals surface area contributed by atoms with Crippen LogP contribution in [-0.4, -0.2) is 47.2 Å². The molecule has 1 saturated heterocycles. The van der Waals surface area contributed by atoms with Gasteiger partial charge in [0.1, 0.15) is 11.5 Å². The topological polar surface area (TPSA) is 49.3 Å². The van der Waals surface area contributed by atoms with Crippen molar-refractivity contribution in [1.29, 1.82) is 0 Å². The summed E-state index contributed by atoms with van der Waals surface area (Å²) in [5.74, 6) is -0.281. The number of amides is 1. The van der Waals surface area contributed by atoms with E-state index in [1.165, 1.54) is 12.1 Å². The molecule has 0 aliphatic carbocycles. The highest BCUT2D eigenvalue weighted by Gasteiger charge is 2.27. The molecule has 2 heterocycles. The molecule has 1 aromatic heterocycles. The lowest BCUT2D eigenvalue weighted by Gasteiger charge is -2.36. The molecule has 0 unspecified atom stereocenters. The number of carbonyl (C=O) groups excluding carboxylic acids is 1. The maximum atomic E-state index is 13.8. The first kappa shape index (κ1) is 20.1. The van der Waals surface area contributed by atoms with Crippen molar-refractivity contribution < 1.29 is 9.18 Å². The first-order chi connectivity index (χ1) is 15.6. The van der Waals surface area contributed by atoms with Crippen LogP contribution in [0.2, 0.25) is 0 Å². The van der Waals surface area contributed by atoms with Crippen LogP contribution < -0.4 is 4.90 Å². The summed E-state index contributed by atoms with van der Waals surface area (Å²) < 4.78 is 13.3. The predicted molar refractivity (Wildman–Crippen MR) is 124 cm³/mol. The molecule has 1 aliphatic rings. The molecule has 4 aromatic rings. The second kappa shape index (κ2) is 8.38. The zero-order valence-electron chi connectivity index (χ0n) is 17.8. The monoisotopic (exact) mass is 426 g/mol. The number of carbonyl (C=O) groups is 1. The summed E-state index contributed by atoms with van der Waals surface area (Å²) >= 11 is 0. The lowest BCUT2D eigenvalue weighted by molar-refractivity contribution is 0.0749. The van der Waals surface area contributed by atoms with Gasteiger partial charge in [0.05, 0.1) is 11.1 Å². The predicted octanol–water partition coefficient (Wildman–Crippen LogP) is 4.71. The molecule has 6 heteroatoms.